The summed E-state index contributed by atoms with van der Waals surface area (Å²) in [5.41, 5.74) is 1.06. The van der Waals surface area contributed by atoms with Crippen LogP contribution < -0.4 is 14.8 Å². The van der Waals surface area contributed by atoms with Crippen molar-refractivity contribution < 1.29 is 34.4 Å². The highest BCUT2D eigenvalue weighted by molar-refractivity contribution is 14.1. The molecule has 2 amide bonds. The van der Waals surface area contributed by atoms with Crippen LogP contribution in [-0.2, 0) is 16.2 Å². The molecule has 3 rings (SSSR count). The van der Waals surface area contributed by atoms with Crippen molar-refractivity contribution in [1.82, 2.24) is 10.2 Å². The molecule has 0 saturated heterocycles. The Balaban J connectivity index is 2.01. The van der Waals surface area contributed by atoms with Gasteiger partial charge >= 0.3 is 0 Å². The molecular weight excluding hydrogens is 591 g/mol. The fourth-order valence-electron chi connectivity index (χ4n) is 5.24. The number of halogens is 1. The van der Waals surface area contributed by atoms with E-state index in [9.17, 15) is 24.9 Å². The number of carbonyl (C=O) groups is 2. The predicted octanol–water partition coefficient (Wildman–Crippen LogP) is 2.67. The summed E-state index contributed by atoms with van der Waals surface area (Å²) in [5, 5.41) is 33.1. The zero-order chi connectivity index (χ0) is 26.9. The second-order valence-corrected chi connectivity index (χ2v) is 10.7. The molecule has 37 heavy (non-hydrogen) atoms. The third-order valence-electron chi connectivity index (χ3n) is 7.11. The van der Waals surface area contributed by atoms with Crippen LogP contribution in [0.3, 0.4) is 0 Å². The third kappa shape index (κ3) is 7.36. The quantitative estimate of drug-likeness (QED) is 0.231. The molecule has 2 aliphatic carbocycles. The van der Waals surface area contributed by atoms with Crippen LogP contribution in [-0.4, -0.2) is 76.6 Å². The summed E-state index contributed by atoms with van der Waals surface area (Å²) in [7, 11) is 1.50. The van der Waals surface area contributed by atoms with E-state index >= 15 is 0 Å². The minimum Gasteiger partial charge on any atom is -0.493 e. The van der Waals surface area contributed by atoms with E-state index in [-0.39, 0.29) is 44.0 Å². The van der Waals surface area contributed by atoms with Gasteiger partial charge in [-0.1, -0.05) is 32.6 Å². The lowest BCUT2D eigenvalue weighted by Crippen LogP contribution is -2.58. The first-order valence-electron chi connectivity index (χ1n) is 13.1. The summed E-state index contributed by atoms with van der Waals surface area (Å²) < 4.78 is 12.5. The number of hydrogen-bond acceptors (Lipinski definition) is 7. The van der Waals surface area contributed by atoms with E-state index in [1.807, 2.05) is 11.8 Å². The van der Waals surface area contributed by atoms with Crippen LogP contribution in [0.25, 0.3) is 0 Å². The number of benzene rings is 1. The Morgan fingerprint density at radius 1 is 1.16 bits per heavy atom. The van der Waals surface area contributed by atoms with Crippen LogP contribution in [0.5, 0.6) is 11.5 Å². The van der Waals surface area contributed by atoms with Crippen LogP contribution >= 0.6 is 22.6 Å². The van der Waals surface area contributed by atoms with Crippen molar-refractivity contribution in [3.8, 4) is 11.5 Å². The maximum atomic E-state index is 13.3. The van der Waals surface area contributed by atoms with Crippen molar-refractivity contribution >= 4 is 34.4 Å². The van der Waals surface area contributed by atoms with E-state index in [1.54, 1.807) is 18.2 Å². The van der Waals surface area contributed by atoms with Gasteiger partial charge < -0.3 is 35.0 Å². The lowest BCUT2D eigenvalue weighted by atomic mass is 9.86. The van der Waals surface area contributed by atoms with Gasteiger partial charge in [-0.3, -0.25) is 9.59 Å². The highest BCUT2D eigenvalue weighted by Gasteiger charge is 2.42. The smallest absolute Gasteiger partial charge is 0.247 e. The molecule has 0 unspecified atom stereocenters. The van der Waals surface area contributed by atoms with Crippen LogP contribution in [0.1, 0.15) is 63.9 Å². The van der Waals surface area contributed by atoms with Gasteiger partial charge in [0, 0.05) is 31.0 Å². The average Bonchev–Trinajstić information content (AvgIpc) is 3.19. The first-order chi connectivity index (χ1) is 17.8. The summed E-state index contributed by atoms with van der Waals surface area (Å²) >= 11 is 2.08. The molecule has 0 aliphatic heterocycles. The standard InChI is InChI=1S/C27H39IN2O7/c1-3-24(33)30(19-8-6-4-5-7-9-19)21-14-18(27(35)29-10-11-31)15-22(25(21)34)37-26-20(28)12-17(16-32)13-23(26)36-2/h12-13,15,19,21-22,25,31-32,34H,3-11,14,16H2,1-2H3,(H,29,35)/t21-,22+,25+/m1/s1. The summed E-state index contributed by atoms with van der Waals surface area (Å²) in [4.78, 5) is 28.1. The van der Waals surface area contributed by atoms with Crippen LogP contribution in [0.2, 0.25) is 0 Å². The molecule has 1 aromatic carbocycles. The van der Waals surface area contributed by atoms with Crippen LogP contribution in [0, 0.1) is 3.57 Å². The zero-order valence-electron chi connectivity index (χ0n) is 21.6. The van der Waals surface area contributed by atoms with Gasteiger partial charge in [-0.15, -0.1) is 0 Å². The first-order valence-corrected chi connectivity index (χ1v) is 14.1. The van der Waals surface area contributed by atoms with E-state index in [0.717, 1.165) is 38.5 Å². The number of aliphatic hydroxyl groups is 3. The highest BCUT2D eigenvalue weighted by atomic mass is 127. The molecule has 1 fully saturated rings. The monoisotopic (exact) mass is 630 g/mol. The summed E-state index contributed by atoms with van der Waals surface area (Å²) in [5.74, 6) is 0.377. The number of amides is 2. The second kappa shape index (κ2) is 14.3. The highest BCUT2D eigenvalue weighted by Crippen LogP contribution is 2.38. The molecule has 4 N–H and O–H groups in total. The zero-order valence-corrected chi connectivity index (χ0v) is 23.8. The fraction of sp³-hybridized carbons (Fsp3) is 0.630. The van der Waals surface area contributed by atoms with E-state index in [4.69, 9.17) is 9.47 Å². The minimum absolute atomic E-state index is 0.00591. The second-order valence-electron chi connectivity index (χ2n) is 9.58. The van der Waals surface area contributed by atoms with Gasteiger partial charge in [0.05, 0.1) is 29.9 Å². The number of nitrogens with zero attached hydrogens (tertiary/aromatic N) is 1. The van der Waals surface area contributed by atoms with Gasteiger partial charge in [0.2, 0.25) is 11.8 Å². The molecule has 0 aromatic heterocycles. The molecule has 0 heterocycles. The van der Waals surface area contributed by atoms with Gasteiger partial charge in [0.15, 0.2) is 11.5 Å². The molecule has 0 radical (unpaired) electrons. The maximum Gasteiger partial charge on any atom is 0.247 e. The number of methoxy groups -OCH3 is 1. The SMILES string of the molecule is CCC(=O)N(C1CCCCCC1)[C@@H]1CC(C(=O)NCCO)=C[C@H](Oc2c(I)cc(CO)cc2OC)[C@H]1O. The number of carbonyl (C=O) groups excluding carboxylic acids is 2. The number of hydrogen-bond donors (Lipinski definition) is 4. The van der Waals surface area contributed by atoms with Crippen molar-refractivity contribution in [2.45, 2.75) is 89.2 Å². The Kier molecular flexibility index (Phi) is 11.5. The van der Waals surface area contributed by atoms with Crippen molar-refractivity contribution in [2.24, 2.45) is 0 Å². The number of nitrogens with one attached hydrogen (secondary N) is 1. The van der Waals surface area contributed by atoms with Crippen molar-refractivity contribution in [3.63, 3.8) is 0 Å². The van der Waals surface area contributed by atoms with Gasteiger partial charge in [0.1, 0.15) is 12.2 Å². The fourth-order valence-corrected chi connectivity index (χ4v) is 6.03. The summed E-state index contributed by atoms with van der Waals surface area (Å²) in [6.45, 7) is 1.56. The Morgan fingerprint density at radius 3 is 2.46 bits per heavy atom. The molecule has 1 aromatic rings. The minimum atomic E-state index is -1.08. The number of aliphatic hydroxyl groups excluding tert-OH is 3. The Hall–Kier alpha value is -1.89. The van der Waals surface area contributed by atoms with Crippen molar-refractivity contribution in [2.75, 3.05) is 20.3 Å². The van der Waals surface area contributed by atoms with Crippen LogP contribution in [0.4, 0.5) is 0 Å². The lowest BCUT2D eigenvalue weighted by molar-refractivity contribution is -0.142. The predicted molar refractivity (Wildman–Crippen MR) is 147 cm³/mol. The molecule has 1 saturated carbocycles. The Labute approximate surface area is 232 Å². The van der Waals surface area contributed by atoms with E-state index in [0.29, 0.717) is 32.6 Å². The average molecular weight is 631 g/mol. The van der Waals surface area contributed by atoms with Crippen LogP contribution in [0.15, 0.2) is 23.8 Å². The molecule has 9 nitrogen and oxygen atoms in total. The first kappa shape index (κ1) is 29.7. The molecule has 3 atom stereocenters. The largest absolute Gasteiger partial charge is 0.493 e. The molecule has 2 aliphatic rings. The molecule has 10 heteroatoms. The lowest BCUT2D eigenvalue weighted by Gasteiger charge is -2.44. The maximum absolute atomic E-state index is 13.3. The normalized spacial score (nSPS) is 22.5. The molecule has 206 valence electrons. The van der Waals surface area contributed by atoms with E-state index < -0.39 is 18.2 Å². The Bertz CT molecular complexity index is 962. The molecular formula is C27H39IN2O7. The van der Waals surface area contributed by atoms with Crippen molar-refractivity contribution in [3.05, 3.63) is 32.9 Å². The van der Waals surface area contributed by atoms with Gasteiger partial charge in [-0.2, -0.15) is 0 Å². The molecule has 0 spiro atoms. The van der Waals surface area contributed by atoms with E-state index in [2.05, 4.69) is 27.9 Å². The third-order valence-corrected chi connectivity index (χ3v) is 7.91. The number of rotatable bonds is 10. The summed E-state index contributed by atoms with van der Waals surface area (Å²) in [6, 6.07) is 2.79. The van der Waals surface area contributed by atoms with Gasteiger partial charge in [0.25, 0.3) is 0 Å². The molecule has 0 bridgehead atoms. The van der Waals surface area contributed by atoms with Crippen molar-refractivity contribution in [1.29, 1.82) is 0 Å². The number of ether oxygens (including phenoxy) is 2. The van der Waals surface area contributed by atoms with Gasteiger partial charge in [-0.05, 0) is 59.2 Å². The topological polar surface area (TPSA) is 129 Å². The summed E-state index contributed by atoms with van der Waals surface area (Å²) in [6.07, 6.45) is 6.12. The Morgan fingerprint density at radius 2 is 1.86 bits per heavy atom. The van der Waals surface area contributed by atoms with E-state index in [1.165, 1.54) is 7.11 Å². The van der Waals surface area contributed by atoms with Gasteiger partial charge in [-0.25, -0.2) is 0 Å².